The lowest BCUT2D eigenvalue weighted by Gasteiger charge is -2.21. The summed E-state index contributed by atoms with van der Waals surface area (Å²) in [4.78, 5) is 1.10. The van der Waals surface area contributed by atoms with Gasteiger partial charge in [0, 0.05) is 15.6 Å². The molecule has 1 rings (SSSR count). The van der Waals surface area contributed by atoms with E-state index < -0.39 is 13.8 Å². The van der Waals surface area contributed by atoms with Crippen molar-refractivity contribution in [2.75, 3.05) is 6.26 Å². The standard InChI is InChI=1S/C10H13ClO2S2/c1-10(2,15(11,12)13)8-4-6-9(14-3)7-5-8/h4-7H,1-3H3. The molecule has 2 nitrogen and oxygen atoms in total. The molecule has 0 atom stereocenters. The van der Waals surface area contributed by atoms with E-state index in [0.717, 1.165) is 4.90 Å². The van der Waals surface area contributed by atoms with Crippen LogP contribution in [0.3, 0.4) is 0 Å². The van der Waals surface area contributed by atoms with E-state index in [-0.39, 0.29) is 0 Å². The minimum atomic E-state index is -3.61. The number of hydrogen-bond acceptors (Lipinski definition) is 3. The summed E-state index contributed by atoms with van der Waals surface area (Å²) < 4.78 is 21.7. The minimum absolute atomic E-state index is 0.704. The van der Waals surface area contributed by atoms with Crippen LogP contribution in [0.25, 0.3) is 0 Å². The molecule has 0 amide bonds. The monoisotopic (exact) mass is 264 g/mol. The number of hydrogen-bond donors (Lipinski definition) is 0. The summed E-state index contributed by atoms with van der Waals surface area (Å²) in [7, 11) is 1.79. The van der Waals surface area contributed by atoms with Crippen LogP contribution < -0.4 is 0 Å². The van der Waals surface area contributed by atoms with Crippen LogP contribution in [0.4, 0.5) is 0 Å². The minimum Gasteiger partial charge on any atom is -0.211 e. The van der Waals surface area contributed by atoms with Gasteiger partial charge in [-0.1, -0.05) is 12.1 Å². The third kappa shape index (κ3) is 2.68. The average molecular weight is 265 g/mol. The molecule has 0 unspecified atom stereocenters. The second-order valence-corrected chi connectivity index (χ2v) is 7.67. The van der Waals surface area contributed by atoms with Gasteiger partial charge in [-0.15, -0.1) is 11.8 Å². The number of benzene rings is 1. The number of rotatable bonds is 3. The van der Waals surface area contributed by atoms with Gasteiger partial charge < -0.3 is 0 Å². The van der Waals surface area contributed by atoms with Crippen LogP contribution in [0.5, 0.6) is 0 Å². The van der Waals surface area contributed by atoms with E-state index in [2.05, 4.69) is 0 Å². The van der Waals surface area contributed by atoms with E-state index >= 15 is 0 Å². The topological polar surface area (TPSA) is 34.1 Å². The van der Waals surface area contributed by atoms with E-state index in [1.165, 1.54) is 0 Å². The Balaban J connectivity index is 3.17. The molecule has 5 heteroatoms. The zero-order valence-corrected chi connectivity index (χ0v) is 11.2. The van der Waals surface area contributed by atoms with Gasteiger partial charge >= 0.3 is 0 Å². The first-order chi connectivity index (χ1) is 6.79. The maximum Gasteiger partial charge on any atom is 0.241 e. The van der Waals surface area contributed by atoms with Gasteiger partial charge in [0.15, 0.2) is 0 Å². The van der Waals surface area contributed by atoms with Crippen molar-refractivity contribution >= 4 is 31.5 Å². The van der Waals surface area contributed by atoms with E-state index in [0.29, 0.717) is 5.56 Å². The maximum absolute atomic E-state index is 11.4. The molecule has 0 bridgehead atoms. The van der Waals surface area contributed by atoms with Gasteiger partial charge in [-0.3, -0.25) is 0 Å². The molecule has 0 saturated heterocycles. The fourth-order valence-corrected chi connectivity index (χ4v) is 2.23. The fraction of sp³-hybridized carbons (Fsp3) is 0.400. The lowest BCUT2D eigenvalue weighted by molar-refractivity contribution is 0.570. The molecule has 84 valence electrons. The van der Waals surface area contributed by atoms with Crippen LogP contribution in [-0.2, 0) is 13.8 Å². The van der Waals surface area contributed by atoms with Crippen molar-refractivity contribution < 1.29 is 8.42 Å². The Bertz CT molecular complexity index is 435. The summed E-state index contributed by atoms with van der Waals surface area (Å²) in [5.74, 6) is 0. The zero-order chi connectivity index (χ0) is 11.7. The third-order valence-electron chi connectivity index (χ3n) is 2.39. The van der Waals surface area contributed by atoms with E-state index in [1.54, 1.807) is 37.7 Å². The Morgan fingerprint density at radius 3 is 2.00 bits per heavy atom. The highest BCUT2D eigenvalue weighted by atomic mass is 35.7. The van der Waals surface area contributed by atoms with Crippen molar-refractivity contribution in [2.24, 2.45) is 0 Å². The third-order valence-corrected chi connectivity index (χ3v) is 5.75. The van der Waals surface area contributed by atoms with E-state index in [4.69, 9.17) is 10.7 Å². The Kier molecular flexibility index (Phi) is 3.74. The first kappa shape index (κ1) is 12.9. The smallest absolute Gasteiger partial charge is 0.211 e. The molecule has 0 aromatic heterocycles. The van der Waals surface area contributed by atoms with Crippen LogP contribution >= 0.6 is 22.4 Å². The van der Waals surface area contributed by atoms with Crippen molar-refractivity contribution in [2.45, 2.75) is 23.5 Å². The molecule has 0 aliphatic rings. The molecule has 1 aromatic rings. The van der Waals surface area contributed by atoms with Gasteiger partial charge in [0.1, 0.15) is 4.75 Å². The van der Waals surface area contributed by atoms with Crippen LogP contribution in [-0.4, -0.2) is 14.7 Å². The Morgan fingerprint density at radius 1 is 1.20 bits per heavy atom. The van der Waals surface area contributed by atoms with Gasteiger partial charge in [0.2, 0.25) is 9.05 Å². The molecule has 0 N–H and O–H groups in total. The molecule has 0 radical (unpaired) electrons. The van der Waals surface area contributed by atoms with Gasteiger partial charge in [0.25, 0.3) is 0 Å². The number of thioether (sulfide) groups is 1. The zero-order valence-electron chi connectivity index (χ0n) is 8.82. The molecule has 0 heterocycles. The lowest BCUT2D eigenvalue weighted by atomic mass is 10.0. The van der Waals surface area contributed by atoms with Crippen molar-refractivity contribution in [3.8, 4) is 0 Å². The first-order valence-corrected chi connectivity index (χ1v) is 7.91. The molecule has 0 saturated carbocycles. The predicted octanol–water partition coefficient (Wildman–Crippen LogP) is 3.21. The maximum atomic E-state index is 11.4. The van der Waals surface area contributed by atoms with Gasteiger partial charge in [-0.25, -0.2) is 8.42 Å². The van der Waals surface area contributed by atoms with Crippen molar-refractivity contribution in [3.63, 3.8) is 0 Å². The highest BCUT2D eigenvalue weighted by molar-refractivity contribution is 8.14. The summed E-state index contributed by atoms with van der Waals surface area (Å²) in [6, 6.07) is 7.38. The summed E-state index contributed by atoms with van der Waals surface area (Å²) in [6.07, 6.45) is 1.97. The molecule has 0 aliphatic heterocycles. The van der Waals surface area contributed by atoms with Gasteiger partial charge in [0.05, 0.1) is 0 Å². The normalized spacial score (nSPS) is 12.8. The van der Waals surface area contributed by atoms with Crippen LogP contribution in [0, 0.1) is 0 Å². The predicted molar refractivity (Wildman–Crippen MR) is 66.0 cm³/mol. The van der Waals surface area contributed by atoms with Crippen LogP contribution in [0.1, 0.15) is 19.4 Å². The van der Waals surface area contributed by atoms with Crippen molar-refractivity contribution in [1.82, 2.24) is 0 Å². The summed E-state index contributed by atoms with van der Waals surface area (Å²) in [6.45, 7) is 3.20. The van der Waals surface area contributed by atoms with Crippen LogP contribution in [0.15, 0.2) is 29.2 Å². The molecule has 0 aliphatic carbocycles. The van der Waals surface area contributed by atoms with Crippen LogP contribution in [0.2, 0.25) is 0 Å². The Labute approximate surface area is 99.4 Å². The van der Waals surface area contributed by atoms with Crippen molar-refractivity contribution in [1.29, 1.82) is 0 Å². The number of halogens is 1. The first-order valence-electron chi connectivity index (χ1n) is 4.38. The summed E-state index contributed by atoms with van der Waals surface area (Å²) in [5.41, 5.74) is 0.704. The second kappa shape index (κ2) is 4.36. The lowest BCUT2D eigenvalue weighted by Crippen LogP contribution is -2.24. The Morgan fingerprint density at radius 2 is 1.67 bits per heavy atom. The molecule has 0 spiro atoms. The highest BCUT2D eigenvalue weighted by Crippen LogP contribution is 2.33. The molecular formula is C10H13ClO2S2. The van der Waals surface area contributed by atoms with Crippen molar-refractivity contribution in [3.05, 3.63) is 29.8 Å². The molecular weight excluding hydrogens is 252 g/mol. The molecule has 15 heavy (non-hydrogen) atoms. The second-order valence-electron chi connectivity index (χ2n) is 3.68. The fourth-order valence-electron chi connectivity index (χ4n) is 1.13. The SMILES string of the molecule is CSc1ccc(C(C)(C)S(=O)(=O)Cl)cc1. The Hall–Kier alpha value is -0.190. The van der Waals surface area contributed by atoms with Gasteiger partial charge in [-0.05, 0) is 37.8 Å². The van der Waals surface area contributed by atoms with E-state index in [1.807, 2.05) is 18.4 Å². The molecule has 1 aromatic carbocycles. The molecule has 0 fully saturated rings. The summed E-state index contributed by atoms with van der Waals surface area (Å²) >= 11 is 1.61. The largest absolute Gasteiger partial charge is 0.241 e. The highest BCUT2D eigenvalue weighted by Gasteiger charge is 2.34. The summed E-state index contributed by atoms with van der Waals surface area (Å²) in [5, 5.41) is 0. The quantitative estimate of drug-likeness (QED) is 0.621. The van der Waals surface area contributed by atoms with Gasteiger partial charge in [-0.2, -0.15) is 0 Å². The van der Waals surface area contributed by atoms with E-state index in [9.17, 15) is 8.42 Å². The average Bonchev–Trinajstić information content (AvgIpc) is 2.16.